The van der Waals surface area contributed by atoms with E-state index in [-0.39, 0.29) is 16.8 Å². The summed E-state index contributed by atoms with van der Waals surface area (Å²) >= 11 is 0.864. The molecule has 0 aliphatic heterocycles. The predicted octanol–water partition coefficient (Wildman–Crippen LogP) is 3.97. The van der Waals surface area contributed by atoms with Gasteiger partial charge in [0.15, 0.2) is 5.82 Å². The smallest absolute Gasteiger partial charge is 0.388 e. The fraction of sp³-hybridized carbons (Fsp3) is 0.667. The second kappa shape index (κ2) is 6.13. The van der Waals surface area contributed by atoms with Crippen LogP contribution in [0.3, 0.4) is 0 Å². The Kier molecular flexibility index (Phi) is 5.07. The van der Waals surface area contributed by atoms with Gasteiger partial charge in [-0.25, -0.2) is 4.79 Å². The molecular formula is C12H20N2O3S. The van der Waals surface area contributed by atoms with Crippen molar-refractivity contribution in [3.05, 3.63) is 11.8 Å². The molecular weight excluding hydrogens is 252 g/mol. The summed E-state index contributed by atoms with van der Waals surface area (Å²) in [7, 11) is 0. The maximum Gasteiger partial charge on any atom is 0.388 e. The second-order valence-corrected chi connectivity index (χ2v) is 5.86. The lowest BCUT2D eigenvalue weighted by molar-refractivity contribution is 0.131. The van der Waals surface area contributed by atoms with Gasteiger partial charge in [-0.15, -0.1) is 0 Å². The summed E-state index contributed by atoms with van der Waals surface area (Å²) in [5.74, 6) is 1.28. The Bertz CT molecular complexity index is 398. The SMILES string of the molecule is CCC(C)OC(=O)SNc1cc(C(C)(C)C)on1. The molecule has 0 bridgehead atoms. The van der Waals surface area contributed by atoms with E-state index in [0.29, 0.717) is 5.82 Å². The van der Waals surface area contributed by atoms with Crippen molar-refractivity contribution in [1.82, 2.24) is 5.16 Å². The summed E-state index contributed by atoms with van der Waals surface area (Å²) in [6.07, 6.45) is 0.721. The molecule has 1 atom stereocenters. The molecule has 5 nitrogen and oxygen atoms in total. The Morgan fingerprint density at radius 2 is 2.28 bits per heavy atom. The van der Waals surface area contributed by atoms with Crippen LogP contribution in [-0.2, 0) is 10.2 Å². The molecule has 0 aliphatic rings. The number of nitrogens with zero attached hydrogens (tertiary/aromatic N) is 1. The first-order valence-corrected chi connectivity index (χ1v) is 6.75. The van der Waals surface area contributed by atoms with E-state index in [4.69, 9.17) is 9.26 Å². The summed E-state index contributed by atoms with van der Waals surface area (Å²) in [5, 5.41) is 3.47. The van der Waals surface area contributed by atoms with E-state index in [9.17, 15) is 4.79 Å². The van der Waals surface area contributed by atoms with Crippen LogP contribution in [0.4, 0.5) is 10.6 Å². The van der Waals surface area contributed by atoms with Crippen LogP contribution in [0, 0.1) is 0 Å². The van der Waals surface area contributed by atoms with Crippen molar-refractivity contribution in [1.29, 1.82) is 0 Å². The molecule has 0 saturated heterocycles. The van der Waals surface area contributed by atoms with Crippen molar-refractivity contribution in [2.24, 2.45) is 0 Å². The molecule has 6 heteroatoms. The molecule has 102 valence electrons. The maximum absolute atomic E-state index is 11.4. The molecule has 0 saturated carbocycles. The Morgan fingerprint density at radius 1 is 1.61 bits per heavy atom. The Balaban J connectivity index is 2.45. The van der Waals surface area contributed by atoms with Gasteiger partial charge in [0.05, 0.1) is 18.1 Å². The first-order chi connectivity index (χ1) is 8.32. The number of hydrogen-bond donors (Lipinski definition) is 1. The van der Waals surface area contributed by atoms with Gasteiger partial charge in [-0.1, -0.05) is 32.9 Å². The zero-order valence-electron chi connectivity index (χ0n) is 11.4. The van der Waals surface area contributed by atoms with Gasteiger partial charge in [0.2, 0.25) is 0 Å². The molecule has 0 aromatic carbocycles. The standard InChI is InChI=1S/C12H20N2O3S/c1-6-8(2)16-11(15)18-14-10-7-9(17-13-10)12(3,4)5/h7-8H,6H2,1-5H3,(H,13,14). The van der Waals surface area contributed by atoms with Crippen LogP contribution in [0.1, 0.15) is 46.8 Å². The predicted molar refractivity (Wildman–Crippen MR) is 72.7 cm³/mol. The Morgan fingerprint density at radius 3 is 2.78 bits per heavy atom. The number of rotatable bonds is 4. The highest BCUT2D eigenvalue weighted by Gasteiger charge is 2.20. The molecule has 0 aliphatic carbocycles. The van der Waals surface area contributed by atoms with Crippen molar-refractivity contribution in [3.63, 3.8) is 0 Å². The Labute approximate surface area is 112 Å². The highest BCUT2D eigenvalue weighted by Crippen LogP contribution is 2.25. The number of aromatic nitrogens is 1. The fourth-order valence-corrected chi connectivity index (χ4v) is 1.54. The van der Waals surface area contributed by atoms with E-state index in [1.165, 1.54) is 0 Å². The van der Waals surface area contributed by atoms with Gasteiger partial charge in [-0.3, -0.25) is 0 Å². The molecule has 1 N–H and O–H groups in total. The minimum absolute atomic E-state index is 0.0748. The highest BCUT2D eigenvalue weighted by atomic mass is 32.2. The molecule has 18 heavy (non-hydrogen) atoms. The van der Waals surface area contributed by atoms with Crippen LogP contribution in [0.2, 0.25) is 0 Å². The summed E-state index contributed by atoms with van der Waals surface area (Å²) in [5.41, 5.74) is -0.102. The van der Waals surface area contributed by atoms with E-state index in [2.05, 4.69) is 9.88 Å². The van der Waals surface area contributed by atoms with Crippen molar-refractivity contribution in [2.75, 3.05) is 4.72 Å². The normalized spacial score (nSPS) is 13.2. The minimum Gasteiger partial charge on any atom is -0.453 e. The van der Waals surface area contributed by atoms with Crippen LogP contribution in [0.25, 0.3) is 0 Å². The molecule has 1 rings (SSSR count). The van der Waals surface area contributed by atoms with Crippen LogP contribution in [-0.4, -0.2) is 16.6 Å². The number of carbonyl (C=O) groups excluding carboxylic acids is 1. The van der Waals surface area contributed by atoms with Gasteiger partial charge in [0.25, 0.3) is 0 Å². The first kappa shape index (κ1) is 14.9. The number of ether oxygens (including phenoxy) is 1. The third-order valence-electron chi connectivity index (χ3n) is 2.36. The molecule has 0 fully saturated rings. The molecule has 0 amide bonds. The average Bonchev–Trinajstić information content (AvgIpc) is 2.74. The van der Waals surface area contributed by atoms with Gasteiger partial charge in [-0.05, 0) is 13.3 Å². The van der Waals surface area contributed by atoms with E-state index in [1.54, 1.807) is 6.07 Å². The van der Waals surface area contributed by atoms with E-state index in [0.717, 1.165) is 24.1 Å². The lowest BCUT2D eigenvalue weighted by atomic mass is 9.93. The molecule has 1 aromatic rings. The van der Waals surface area contributed by atoms with E-state index >= 15 is 0 Å². The van der Waals surface area contributed by atoms with E-state index < -0.39 is 0 Å². The maximum atomic E-state index is 11.4. The lowest BCUT2D eigenvalue weighted by Gasteiger charge is -2.12. The minimum atomic E-state index is -0.371. The summed E-state index contributed by atoms with van der Waals surface area (Å²) in [4.78, 5) is 11.4. The third-order valence-corrected chi connectivity index (χ3v) is 2.93. The van der Waals surface area contributed by atoms with Crippen LogP contribution in [0.5, 0.6) is 0 Å². The van der Waals surface area contributed by atoms with Gasteiger partial charge >= 0.3 is 5.30 Å². The summed E-state index contributed by atoms with van der Waals surface area (Å²) in [6.45, 7) is 9.90. The molecule has 1 unspecified atom stereocenters. The van der Waals surface area contributed by atoms with Crippen molar-refractivity contribution < 1.29 is 14.1 Å². The highest BCUT2D eigenvalue weighted by molar-refractivity contribution is 8.14. The fourth-order valence-electron chi connectivity index (χ4n) is 1.04. The molecule has 1 aromatic heterocycles. The third kappa shape index (κ3) is 4.60. The molecule has 0 radical (unpaired) electrons. The van der Waals surface area contributed by atoms with Gasteiger partial charge in [0.1, 0.15) is 5.76 Å². The van der Waals surface area contributed by atoms with Crippen LogP contribution < -0.4 is 4.72 Å². The number of carbonyl (C=O) groups is 1. The van der Waals surface area contributed by atoms with Crippen LogP contribution >= 0.6 is 11.9 Å². The van der Waals surface area contributed by atoms with E-state index in [1.807, 2.05) is 34.6 Å². The quantitative estimate of drug-likeness (QED) is 0.661. The van der Waals surface area contributed by atoms with Gasteiger partial charge < -0.3 is 14.0 Å². The molecule has 0 spiro atoms. The lowest BCUT2D eigenvalue weighted by Crippen LogP contribution is -2.11. The number of anilines is 1. The summed E-state index contributed by atoms with van der Waals surface area (Å²) < 4.78 is 13.1. The summed E-state index contributed by atoms with van der Waals surface area (Å²) in [6, 6.07) is 1.78. The van der Waals surface area contributed by atoms with Gasteiger partial charge in [-0.2, -0.15) is 0 Å². The molecule has 1 heterocycles. The largest absolute Gasteiger partial charge is 0.453 e. The topological polar surface area (TPSA) is 64.4 Å². The van der Waals surface area contributed by atoms with Gasteiger partial charge in [0, 0.05) is 11.5 Å². The zero-order chi connectivity index (χ0) is 13.8. The van der Waals surface area contributed by atoms with Crippen molar-refractivity contribution >= 4 is 23.1 Å². The average molecular weight is 272 g/mol. The first-order valence-electron chi connectivity index (χ1n) is 5.93. The number of hydrogen-bond acceptors (Lipinski definition) is 6. The monoisotopic (exact) mass is 272 g/mol. The van der Waals surface area contributed by atoms with Crippen LogP contribution in [0.15, 0.2) is 10.6 Å². The second-order valence-electron chi connectivity index (χ2n) is 5.12. The number of nitrogens with one attached hydrogen (secondary N) is 1. The Hall–Kier alpha value is -1.17. The zero-order valence-corrected chi connectivity index (χ0v) is 12.3. The van der Waals surface area contributed by atoms with Crippen molar-refractivity contribution in [3.8, 4) is 0 Å². The van der Waals surface area contributed by atoms with Crippen molar-refractivity contribution in [2.45, 2.75) is 52.6 Å².